The molecule has 0 radical (unpaired) electrons. The van der Waals surface area contributed by atoms with Gasteiger partial charge in [-0.2, -0.15) is 0 Å². The summed E-state index contributed by atoms with van der Waals surface area (Å²) in [7, 11) is 0. The first-order valence-corrected chi connectivity index (χ1v) is 10.0. The second-order valence-electron chi connectivity index (χ2n) is 7.22. The molecule has 0 aromatic carbocycles. The van der Waals surface area contributed by atoms with E-state index in [9.17, 15) is 9.59 Å². The number of likely N-dealkylation sites (tertiary alicyclic amines) is 1. The average molecular weight is 377 g/mol. The fourth-order valence-electron chi connectivity index (χ4n) is 3.53. The maximum atomic E-state index is 12.3. The summed E-state index contributed by atoms with van der Waals surface area (Å²) in [5, 5.41) is 2.93. The van der Waals surface area contributed by atoms with Crippen LogP contribution in [0.1, 0.15) is 37.7 Å². The number of nitrogens with zero attached hydrogens (tertiary/aromatic N) is 2. The van der Waals surface area contributed by atoms with Crippen LogP contribution in [0.25, 0.3) is 6.08 Å². The second kappa shape index (κ2) is 10.4. The molecule has 28 heavy (non-hydrogen) atoms. The van der Waals surface area contributed by atoms with Crippen LogP contribution in [-0.2, 0) is 9.59 Å². The number of nitrogens with one attached hydrogen (secondary N) is 1. The van der Waals surface area contributed by atoms with Gasteiger partial charge >= 0.3 is 0 Å². The molecular weight excluding hydrogens is 350 g/mol. The van der Waals surface area contributed by atoms with Gasteiger partial charge in [0.1, 0.15) is 0 Å². The zero-order valence-electron chi connectivity index (χ0n) is 16.1. The van der Waals surface area contributed by atoms with E-state index in [1.807, 2.05) is 29.2 Å². The molecule has 5 nitrogen and oxygen atoms in total. The molecule has 2 amide bonds. The van der Waals surface area contributed by atoms with Crippen LogP contribution in [0.3, 0.4) is 0 Å². The van der Waals surface area contributed by atoms with Crippen LogP contribution in [0.4, 0.5) is 0 Å². The highest BCUT2D eigenvalue weighted by Gasteiger charge is 2.24. The Morgan fingerprint density at radius 2 is 2.00 bits per heavy atom. The maximum absolute atomic E-state index is 12.3. The number of unbranched alkanes of at least 4 members (excludes halogenated alkanes) is 1. The zero-order valence-corrected chi connectivity index (χ0v) is 16.1. The third kappa shape index (κ3) is 6.07. The predicted molar refractivity (Wildman–Crippen MR) is 110 cm³/mol. The van der Waals surface area contributed by atoms with Gasteiger partial charge in [0, 0.05) is 38.1 Å². The minimum atomic E-state index is -0.0621. The van der Waals surface area contributed by atoms with Crippen LogP contribution in [0.5, 0.6) is 0 Å². The van der Waals surface area contributed by atoms with Crippen molar-refractivity contribution in [3.05, 3.63) is 65.7 Å². The smallest absolute Gasteiger partial charge is 0.261 e. The third-order valence-corrected chi connectivity index (χ3v) is 5.20. The molecule has 1 aromatic heterocycles. The first kappa shape index (κ1) is 19.8. The summed E-state index contributed by atoms with van der Waals surface area (Å²) >= 11 is 0. The van der Waals surface area contributed by atoms with E-state index in [0.29, 0.717) is 18.0 Å². The lowest BCUT2D eigenvalue weighted by molar-refractivity contribution is -0.128. The molecule has 0 spiro atoms. The molecule has 1 aromatic rings. The van der Waals surface area contributed by atoms with E-state index >= 15 is 0 Å². The van der Waals surface area contributed by atoms with Crippen LogP contribution in [-0.4, -0.2) is 41.3 Å². The Labute approximate surface area is 166 Å². The van der Waals surface area contributed by atoms with Crippen molar-refractivity contribution in [3.8, 4) is 0 Å². The Bertz CT molecular complexity index is 796. The molecule has 1 N–H and O–H groups in total. The summed E-state index contributed by atoms with van der Waals surface area (Å²) in [5.74, 6) is 0.717. The minimum Gasteiger partial charge on any atom is -0.353 e. The van der Waals surface area contributed by atoms with E-state index in [4.69, 9.17) is 0 Å². The molecule has 3 rings (SSSR count). The van der Waals surface area contributed by atoms with Gasteiger partial charge in [0.15, 0.2) is 0 Å². The molecule has 1 fully saturated rings. The van der Waals surface area contributed by atoms with Crippen molar-refractivity contribution in [1.29, 1.82) is 0 Å². The van der Waals surface area contributed by atoms with E-state index in [1.54, 1.807) is 30.6 Å². The molecule has 0 atom stereocenters. The summed E-state index contributed by atoms with van der Waals surface area (Å²) in [5.41, 5.74) is 4.63. The molecule has 146 valence electrons. The molecule has 0 saturated carbocycles. The van der Waals surface area contributed by atoms with Crippen LogP contribution < -0.4 is 5.32 Å². The fraction of sp³-hybridized carbons (Fsp3) is 0.391. The summed E-state index contributed by atoms with van der Waals surface area (Å²) in [6, 6.07) is 3.72. The number of amides is 2. The SMILES string of the molecule is O=C(/C=C/c1ccncc1)NCCCCC1CCN(C(=O)C2=C=CC=C2)CC1. The van der Waals surface area contributed by atoms with Gasteiger partial charge in [-0.05, 0) is 61.1 Å². The van der Waals surface area contributed by atoms with E-state index in [1.165, 1.54) is 0 Å². The molecule has 5 heteroatoms. The summed E-state index contributed by atoms with van der Waals surface area (Å²) in [6.45, 7) is 2.36. The van der Waals surface area contributed by atoms with Gasteiger partial charge in [-0.3, -0.25) is 14.6 Å². The Balaban J connectivity index is 1.26. The van der Waals surface area contributed by atoms with Gasteiger partial charge in [0.05, 0.1) is 5.57 Å². The van der Waals surface area contributed by atoms with Crippen molar-refractivity contribution in [3.63, 3.8) is 0 Å². The van der Waals surface area contributed by atoms with Crippen LogP contribution >= 0.6 is 0 Å². The number of aromatic nitrogens is 1. The zero-order chi connectivity index (χ0) is 19.6. The van der Waals surface area contributed by atoms with Gasteiger partial charge in [-0.1, -0.05) is 18.9 Å². The molecular formula is C23H27N3O2. The first-order valence-electron chi connectivity index (χ1n) is 10.0. The monoisotopic (exact) mass is 377 g/mol. The molecule has 2 heterocycles. The quantitative estimate of drug-likeness (QED) is 0.430. The molecule has 0 unspecified atom stereocenters. The van der Waals surface area contributed by atoms with Crippen LogP contribution in [0.15, 0.2) is 60.1 Å². The lowest BCUT2D eigenvalue weighted by Gasteiger charge is -2.32. The van der Waals surface area contributed by atoms with Crippen LogP contribution in [0, 0.1) is 5.92 Å². The summed E-state index contributed by atoms with van der Waals surface area (Å²) in [6.07, 6.45) is 17.6. The van der Waals surface area contributed by atoms with Gasteiger partial charge in [-0.15, -0.1) is 5.73 Å². The van der Waals surface area contributed by atoms with E-state index in [0.717, 1.165) is 50.8 Å². The maximum Gasteiger partial charge on any atom is 0.261 e. The van der Waals surface area contributed by atoms with E-state index < -0.39 is 0 Å². The van der Waals surface area contributed by atoms with Crippen molar-refractivity contribution in [2.24, 2.45) is 5.92 Å². The van der Waals surface area contributed by atoms with E-state index in [2.05, 4.69) is 16.0 Å². The number of carbonyl (C=O) groups is 2. The first-order chi connectivity index (χ1) is 13.7. The Morgan fingerprint density at radius 1 is 1.21 bits per heavy atom. The highest BCUT2D eigenvalue weighted by molar-refractivity contribution is 5.96. The Hall–Kier alpha value is -2.91. The molecule has 1 saturated heterocycles. The molecule has 1 aliphatic carbocycles. The summed E-state index contributed by atoms with van der Waals surface area (Å²) < 4.78 is 0. The Morgan fingerprint density at radius 3 is 2.71 bits per heavy atom. The highest BCUT2D eigenvalue weighted by Crippen LogP contribution is 2.23. The van der Waals surface area contributed by atoms with Gasteiger partial charge in [0.2, 0.25) is 5.91 Å². The summed E-state index contributed by atoms with van der Waals surface area (Å²) in [4.78, 5) is 30.0. The largest absolute Gasteiger partial charge is 0.353 e. The number of rotatable bonds is 8. The van der Waals surface area contributed by atoms with Crippen molar-refractivity contribution < 1.29 is 9.59 Å². The van der Waals surface area contributed by atoms with Gasteiger partial charge < -0.3 is 10.2 Å². The fourth-order valence-corrected chi connectivity index (χ4v) is 3.53. The number of hydrogen-bond donors (Lipinski definition) is 1. The number of pyridine rings is 1. The van der Waals surface area contributed by atoms with Crippen LogP contribution in [0.2, 0.25) is 0 Å². The predicted octanol–water partition coefficient (Wildman–Crippen LogP) is 3.27. The highest BCUT2D eigenvalue weighted by atomic mass is 16.2. The lowest BCUT2D eigenvalue weighted by atomic mass is 9.91. The van der Waals surface area contributed by atoms with Crippen molar-refractivity contribution in [2.45, 2.75) is 32.1 Å². The Kier molecular flexibility index (Phi) is 7.39. The van der Waals surface area contributed by atoms with Gasteiger partial charge in [0.25, 0.3) is 5.91 Å². The molecule has 0 bridgehead atoms. The molecule has 2 aliphatic rings. The van der Waals surface area contributed by atoms with Crippen molar-refractivity contribution in [2.75, 3.05) is 19.6 Å². The van der Waals surface area contributed by atoms with Crippen molar-refractivity contribution >= 4 is 17.9 Å². The number of allylic oxidation sites excluding steroid dienone is 1. The number of piperidine rings is 1. The third-order valence-electron chi connectivity index (χ3n) is 5.20. The second-order valence-corrected chi connectivity index (χ2v) is 7.22. The minimum absolute atomic E-state index is 0.0621. The standard InChI is InChI=1S/C23H27N3O2/c27-22(9-8-20-10-15-24-16-11-20)25-14-4-3-5-19-12-17-26(18-13-19)23(28)21-6-1-2-7-21/h1-2,6,8-11,15-16,19H,3-5,12-14,17-18H2,(H,25,27)/b9-8+. The van der Waals surface area contributed by atoms with E-state index in [-0.39, 0.29) is 11.8 Å². The number of carbonyl (C=O) groups excluding carboxylic acids is 2. The van der Waals surface area contributed by atoms with Crippen molar-refractivity contribution in [1.82, 2.24) is 15.2 Å². The normalized spacial score (nSPS) is 16.6. The average Bonchev–Trinajstić information content (AvgIpc) is 3.28. The lowest BCUT2D eigenvalue weighted by Crippen LogP contribution is -2.38. The van der Waals surface area contributed by atoms with Gasteiger partial charge in [-0.25, -0.2) is 0 Å². The molecule has 1 aliphatic heterocycles. The number of hydrogen-bond acceptors (Lipinski definition) is 3. The topological polar surface area (TPSA) is 62.3 Å².